The number of halogens is 2. The molecule has 2 aromatic carbocycles. The predicted molar refractivity (Wildman–Crippen MR) is 99.3 cm³/mol. The van der Waals surface area contributed by atoms with Crippen LogP contribution in [0.15, 0.2) is 51.6 Å². The third kappa shape index (κ3) is 3.70. The number of carbonyl (C=O) groups is 1. The predicted octanol–water partition coefficient (Wildman–Crippen LogP) is 4.46. The monoisotopic (exact) mass is 421 g/mol. The minimum atomic E-state index is -0.556. The second-order valence-corrected chi connectivity index (χ2v) is 6.42. The number of cyclic esters (lactones) is 1. The summed E-state index contributed by atoms with van der Waals surface area (Å²) >= 11 is 9.42. The average Bonchev–Trinajstić information content (AvgIpc) is 2.96. The van der Waals surface area contributed by atoms with Crippen LogP contribution in [0, 0.1) is 0 Å². The molecule has 1 aliphatic rings. The van der Waals surface area contributed by atoms with Crippen LogP contribution in [0.2, 0.25) is 5.02 Å². The first-order valence-electron chi connectivity index (χ1n) is 7.22. The Kier molecular flexibility index (Phi) is 5.11. The van der Waals surface area contributed by atoms with Gasteiger partial charge >= 0.3 is 5.97 Å². The van der Waals surface area contributed by atoms with Crippen LogP contribution in [0.5, 0.6) is 11.5 Å². The lowest BCUT2D eigenvalue weighted by Crippen LogP contribution is -2.07. The van der Waals surface area contributed by atoms with Crippen LogP contribution < -0.4 is 9.47 Å². The minimum absolute atomic E-state index is 0.143. The smallest absolute Gasteiger partial charge is 0.363 e. The molecule has 0 radical (unpaired) electrons. The molecule has 0 saturated heterocycles. The Hall–Kier alpha value is -2.31. The quantitative estimate of drug-likeness (QED) is 0.539. The Bertz CT molecular complexity index is 908. The molecular formula is C18H13BrClNO4. The van der Waals surface area contributed by atoms with Gasteiger partial charge in [0.05, 0.1) is 19.8 Å². The highest BCUT2D eigenvalue weighted by Gasteiger charge is 2.27. The Morgan fingerprint density at radius 1 is 1.12 bits per heavy atom. The SMILES string of the molecule is COc1ccc(Br)cc1/C=C1/N=C(c2cc(Cl)ccc2OC)OC1=O. The van der Waals surface area contributed by atoms with Crippen molar-refractivity contribution in [1.29, 1.82) is 0 Å². The summed E-state index contributed by atoms with van der Waals surface area (Å²) < 4.78 is 16.7. The second-order valence-electron chi connectivity index (χ2n) is 5.07. The third-order valence-corrected chi connectivity index (χ3v) is 4.22. The van der Waals surface area contributed by atoms with Gasteiger partial charge in [-0.2, -0.15) is 0 Å². The number of benzene rings is 2. The Morgan fingerprint density at radius 2 is 1.84 bits per heavy atom. The summed E-state index contributed by atoms with van der Waals surface area (Å²) in [5.74, 6) is 0.716. The van der Waals surface area contributed by atoms with Crippen LogP contribution >= 0.6 is 27.5 Å². The first-order valence-corrected chi connectivity index (χ1v) is 8.39. The molecule has 1 heterocycles. The van der Waals surface area contributed by atoms with E-state index in [1.165, 1.54) is 7.11 Å². The largest absolute Gasteiger partial charge is 0.496 e. The second kappa shape index (κ2) is 7.29. The third-order valence-electron chi connectivity index (χ3n) is 3.50. The number of nitrogens with zero attached hydrogens (tertiary/aromatic N) is 1. The molecule has 0 amide bonds. The number of carbonyl (C=O) groups excluding carboxylic acids is 1. The number of esters is 1. The van der Waals surface area contributed by atoms with Crippen LogP contribution in [0.1, 0.15) is 11.1 Å². The zero-order valence-electron chi connectivity index (χ0n) is 13.4. The van der Waals surface area contributed by atoms with Gasteiger partial charge in [-0.25, -0.2) is 9.79 Å². The van der Waals surface area contributed by atoms with Crippen LogP contribution in [-0.2, 0) is 9.53 Å². The van der Waals surface area contributed by atoms with Crippen LogP contribution in [0.4, 0.5) is 0 Å². The Morgan fingerprint density at radius 3 is 2.56 bits per heavy atom. The number of ether oxygens (including phenoxy) is 3. The van der Waals surface area contributed by atoms with Crippen molar-refractivity contribution in [3.63, 3.8) is 0 Å². The molecule has 0 aliphatic carbocycles. The summed E-state index contributed by atoms with van der Waals surface area (Å²) in [4.78, 5) is 16.5. The molecule has 25 heavy (non-hydrogen) atoms. The molecule has 0 saturated carbocycles. The highest BCUT2D eigenvalue weighted by Crippen LogP contribution is 2.30. The zero-order chi connectivity index (χ0) is 18.0. The van der Waals surface area contributed by atoms with Crippen molar-refractivity contribution in [2.45, 2.75) is 0 Å². The molecule has 2 aromatic rings. The van der Waals surface area contributed by atoms with Gasteiger partial charge < -0.3 is 14.2 Å². The fraction of sp³-hybridized carbons (Fsp3) is 0.111. The molecule has 0 N–H and O–H groups in total. The molecule has 5 nitrogen and oxygen atoms in total. The van der Waals surface area contributed by atoms with Crippen LogP contribution in [-0.4, -0.2) is 26.1 Å². The molecule has 0 spiro atoms. The van der Waals surface area contributed by atoms with Crippen molar-refractivity contribution in [2.75, 3.05) is 14.2 Å². The van der Waals surface area contributed by atoms with E-state index >= 15 is 0 Å². The summed E-state index contributed by atoms with van der Waals surface area (Å²) in [7, 11) is 3.08. The first-order chi connectivity index (χ1) is 12.0. The summed E-state index contributed by atoms with van der Waals surface area (Å²) in [5, 5.41) is 0.487. The molecule has 128 valence electrons. The average molecular weight is 423 g/mol. The van der Waals surface area contributed by atoms with E-state index in [9.17, 15) is 4.79 Å². The maximum atomic E-state index is 12.2. The van der Waals surface area contributed by atoms with Gasteiger partial charge in [-0.1, -0.05) is 27.5 Å². The van der Waals surface area contributed by atoms with Gasteiger partial charge in [-0.15, -0.1) is 0 Å². The lowest BCUT2D eigenvalue weighted by Gasteiger charge is -2.07. The summed E-state index contributed by atoms with van der Waals surface area (Å²) in [6.45, 7) is 0. The molecule has 0 unspecified atom stereocenters. The lowest BCUT2D eigenvalue weighted by atomic mass is 10.1. The zero-order valence-corrected chi connectivity index (χ0v) is 15.7. The maximum absolute atomic E-state index is 12.2. The van der Waals surface area contributed by atoms with Crippen molar-refractivity contribution in [1.82, 2.24) is 0 Å². The van der Waals surface area contributed by atoms with Crippen molar-refractivity contribution < 1.29 is 19.0 Å². The normalized spacial score (nSPS) is 15.1. The Balaban J connectivity index is 2.04. The summed E-state index contributed by atoms with van der Waals surface area (Å²) in [6, 6.07) is 10.5. The van der Waals surface area contributed by atoms with Crippen molar-refractivity contribution in [2.24, 2.45) is 4.99 Å². The molecule has 1 aliphatic heterocycles. The van der Waals surface area contributed by atoms with Gasteiger partial charge in [0, 0.05) is 15.1 Å². The van der Waals surface area contributed by atoms with Gasteiger partial charge in [0.25, 0.3) is 0 Å². The van der Waals surface area contributed by atoms with Gasteiger partial charge in [0.15, 0.2) is 5.70 Å². The molecule has 0 aromatic heterocycles. The highest BCUT2D eigenvalue weighted by atomic mass is 79.9. The number of hydrogen-bond acceptors (Lipinski definition) is 5. The van der Waals surface area contributed by atoms with E-state index in [1.807, 2.05) is 12.1 Å². The lowest BCUT2D eigenvalue weighted by molar-refractivity contribution is -0.129. The van der Waals surface area contributed by atoms with E-state index in [1.54, 1.807) is 37.5 Å². The van der Waals surface area contributed by atoms with Gasteiger partial charge in [-0.3, -0.25) is 0 Å². The molecule has 0 fully saturated rings. The van der Waals surface area contributed by atoms with E-state index in [0.717, 1.165) is 4.47 Å². The van der Waals surface area contributed by atoms with E-state index < -0.39 is 5.97 Å². The Labute approximate surface area is 158 Å². The number of hydrogen-bond donors (Lipinski definition) is 0. The van der Waals surface area contributed by atoms with E-state index in [-0.39, 0.29) is 11.6 Å². The van der Waals surface area contributed by atoms with Crippen molar-refractivity contribution in [3.8, 4) is 11.5 Å². The van der Waals surface area contributed by atoms with Gasteiger partial charge in [0.2, 0.25) is 5.90 Å². The van der Waals surface area contributed by atoms with E-state index in [0.29, 0.717) is 27.6 Å². The van der Waals surface area contributed by atoms with Gasteiger partial charge in [0.1, 0.15) is 11.5 Å². The fourth-order valence-corrected chi connectivity index (χ4v) is 2.89. The molecule has 7 heteroatoms. The summed E-state index contributed by atoms with van der Waals surface area (Å²) in [5.41, 5.74) is 1.37. The number of methoxy groups -OCH3 is 2. The standard InChI is InChI=1S/C18H13BrClNO4/c1-23-15-5-3-11(19)7-10(15)8-14-18(22)25-17(21-14)13-9-12(20)4-6-16(13)24-2/h3-9H,1-2H3/b14-8+. The van der Waals surface area contributed by atoms with Crippen LogP contribution in [0.3, 0.4) is 0 Å². The highest BCUT2D eigenvalue weighted by molar-refractivity contribution is 9.10. The van der Waals surface area contributed by atoms with E-state index in [4.69, 9.17) is 25.8 Å². The molecular weight excluding hydrogens is 410 g/mol. The minimum Gasteiger partial charge on any atom is -0.496 e. The maximum Gasteiger partial charge on any atom is 0.363 e. The van der Waals surface area contributed by atoms with Crippen molar-refractivity contribution >= 4 is 45.5 Å². The van der Waals surface area contributed by atoms with E-state index in [2.05, 4.69) is 20.9 Å². The molecule has 3 rings (SSSR count). The van der Waals surface area contributed by atoms with Crippen LogP contribution in [0.25, 0.3) is 6.08 Å². The number of rotatable bonds is 4. The molecule has 0 bridgehead atoms. The fourth-order valence-electron chi connectivity index (χ4n) is 2.34. The van der Waals surface area contributed by atoms with Gasteiger partial charge in [-0.05, 0) is 42.5 Å². The number of aliphatic imine (C=N–C) groups is 1. The molecule has 0 atom stereocenters. The first kappa shape index (κ1) is 17.5. The summed E-state index contributed by atoms with van der Waals surface area (Å²) in [6.07, 6.45) is 1.61. The topological polar surface area (TPSA) is 57.1 Å². The van der Waals surface area contributed by atoms with Crippen molar-refractivity contribution in [3.05, 3.63) is 62.7 Å².